The van der Waals surface area contributed by atoms with Crippen LogP contribution in [0.2, 0.25) is 0 Å². The van der Waals surface area contributed by atoms with E-state index in [0.29, 0.717) is 5.56 Å². The van der Waals surface area contributed by atoms with Crippen LogP contribution < -0.4 is 5.73 Å². The van der Waals surface area contributed by atoms with E-state index >= 15 is 0 Å². The minimum absolute atomic E-state index is 0.134. The van der Waals surface area contributed by atoms with Crippen LogP contribution in [0.25, 0.3) is 0 Å². The molecule has 0 heterocycles. The highest BCUT2D eigenvalue weighted by Gasteiger charge is 2.44. The molecule has 14 heavy (non-hydrogen) atoms. The summed E-state index contributed by atoms with van der Waals surface area (Å²) < 4.78 is 13.5. The predicted molar refractivity (Wildman–Crippen MR) is 55.4 cm³/mol. The van der Waals surface area contributed by atoms with Gasteiger partial charge in [-0.15, -0.1) is 0 Å². The molecule has 2 rings (SSSR count). The first-order chi connectivity index (χ1) is 6.53. The molecule has 1 unspecified atom stereocenters. The van der Waals surface area contributed by atoms with Crippen molar-refractivity contribution < 1.29 is 4.39 Å². The zero-order chi connectivity index (χ0) is 10.3. The van der Waals surface area contributed by atoms with Crippen molar-refractivity contribution in [1.82, 2.24) is 0 Å². The number of hydrogen-bond donors (Lipinski definition) is 1. The molecule has 0 spiro atoms. The maximum absolute atomic E-state index is 13.5. The molecule has 2 N–H and O–H groups in total. The van der Waals surface area contributed by atoms with Gasteiger partial charge in [0.1, 0.15) is 5.82 Å². The topological polar surface area (TPSA) is 26.0 Å². The third kappa shape index (κ3) is 1.55. The normalized spacial score (nSPS) is 20.6. The molecule has 0 saturated heterocycles. The van der Waals surface area contributed by atoms with E-state index in [1.807, 2.05) is 13.0 Å². The Labute approximate surface area is 84.1 Å². The van der Waals surface area contributed by atoms with E-state index in [4.69, 9.17) is 5.73 Å². The molecule has 1 saturated carbocycles. The van der Waals surface area contributed by atoms with Crippen LogP contribution in [0.5, 0.6) is 0 Å². The Morgan fingerprint density at radius 2 is 2.07 bits per heavy atom. The Morgan fingerprint density at radius 3 is 2.64 bits per heavy atom. The third-order valence-electron chi connectivity index (χ3n) is 3.28. The van der Waals surface area contributed by atoms with E-state index in [9.17, 15) is 4.39 Å². The summed E-state index contributed by atoms with van der Waals surface area (Å²) in [4.78, 5) is 0. The highest BCUT2D eigenvalue weighted by molar-refractivity contribution is 5.29. The van der Waals surface area contributed by atoms with Crippen LogP contribution in [-0.2, 0) is 0 Å². The second kappa shape index (κ2) is 3.06. The molecular formula is C12H16FN. The first kappa shape index (κ1) is 9.66. The number of rotatable bonds is 2. The van der Waals surface area contributed by atoms with E-state index < -0.39 is 0 Å². The van der Waals surface area contributed by atoms with Gasteiger partial charge in [-0.25, -0.2) is 4.39 Å². The Balaban J connectivity index is 2.35. The van der Waals surface area contributed by atoms with Gasteiger partial charge in [-0.3, -0.25) is 0 Å². The molecule has 2 heteroatoms. The number of aryl methyl sites for hydroxylation is 1. The fraction of sp³-hybridized carbons (Fsp3) is 0.500. The first-order valence-electron chi connectivity index (χ1n) is 5.04. The molecule has 1 aromatic carbocycles. The molecule has 0 aromatic heterocycles. The van der Waals surface area contributed by atoms with E-state index in [2.05, 4.69) is 6.92 Å². The van der Waals surface area contributed by atoms with Crippen LogP contribution in [0, 0.1) is 18.2 Å². The minimum Gasteiger partial charge on any atom is -0.323 e. The SMILES string of the molecule is Cc1ccc(F)c(C(N)C2(C)CC2)c1. The maximum Gasteiger partial charge on any atom is 0.128 e. The molecule has 0 radical (unpaired) electrons. The van der Waals surface area contributed by atoms with Gasteiger partial charge in [0.25, 0.3) is 0 Å². The zero-order valence-electron chi connectivity index (χ0n) is 8.68. The van der Waals surface area contributed by atoms with E-state index in [-0.39, 0.29) is 17.3 Å². The van der Waals surface area contributed by atoms with Gasteiger partial charge in [0.2, 0.25) is 0 Å². The van der Waals surface area contributed by atoms with Gasteiger partial charge in [0.15, 0.2) is 0 Å². The summed E-state index contributed by atoms with van der Waals surface area (Å²) in [5, 5.41) is 0. The van der Waals surface area contributed by atoms with Crippen molar-refractivity contribution in [2.24, 2.45) is 11.1 Å². The lowest BCUT2D eigenvalue weighted by Crippen LogP contribution is -2.21. The molecule has 1 nitrogen and oxygen atoms in total. The fourth-order valence-electron chi connectivity index (χ4n) is 1.79. The van der Waals surface area contributed by atoms with Crippen molar-refractivity contribution in [3.05, 3.63) is 35.1 Å². The van der Waals surface area contributed by atoms with Gasteiger partial charge < -0.3 is 5.73 Å². The number of hydrogen-bond acceptors (Lipinski definition) is 1. The standard InChI is InChI=1S/C12H16FN/c1-8-3-4-10(13)9(7-8)11(14)12(2)5-6-12/h3-4,7,11H,5-6,14H2,1-2H3. The minimum atomic E-state index is -0.170. The van der Waals surface area contributed by atoms with Crippen molar-refractivity contribution in [3.63, 3.8) is 0 Å². The van der Waals surface area contributed by atoms with Gasteiger partial charge in [-0.1, -0.05) is 24.6 Å². The molecule has 1 aliphatic rings. The first-order valence-corrected chi connectivity index (χ1v) is 5.04. The van der Waals surface area contributed by atoms with Gasteiger partial charge in [0.05, 0.1) is 0 Å². The monoisotopic (exact) mass is 193 g/mol. The lowest BCUT2D eigenvalue weighted by atomic mass is 9.91. The van der Waals surface area contributed by atoms with Crippen molar-refractivity contribution in [3.8, 4) is 0 Å². The average Bonchev–Trinajstić information content (AvgIpc) is 2.88. The van der Waals surface area contributed by atoms with Gasteiger partial charge in [0, 0.05) is 11.6 Å². The molecule has 1 fully saturated rings. The molecule has 0 aliphatic heterocycles. The summed E-state index contributed by atoms with van der Waals surface area (Å²) in [6.07, 6.45) is 2.23. The summed E-state index contributed by atoms with van der Waals surface area (Å²) in [5.41, 5.74) is 7.94. The Bertz CT molecular complexity index is 355. The molecule has 1 aliphatic carbocycles. The molecule has 1 atom stereocenters. The Kier molecular flexibility index (Phi) is 2.11. The smallest absolute Gasteiger partial charge is 0.128 e. The highest BCUT2D eigenvalue weighted by atomic mass is 19.1. The fourth-order valence-corrected chi connectivity index (χ4v) is 1.79. The Morgan fingerprint density at radius 1 is 1.43 bits per heavy atom. The second-order valence-corrected chi connectivity index (χ2v) is 4.66. The zero-order valence-corrected chi connectivity index (χ0v) is 8.68. The summed E-state index contributed by atoms with van der Waals surface area (Å²) in [6, 6.07) is 5.00. The quantitative estimate of drug-likeness (QED) is 0.767. The molecule has 0 bridgehead atoms. The Hall–Kier alpha value is -0.890. The van der Waals surface area contributed by atoms with Crippen LogP contribution in [0.4, 0.5) is 4.39 Å². The largest absolute Gasteiger partial charge is 0.323 e. The highest BCUT2D eigenvalue weighted by Crippen LogP contribution is 2.53. The van der Waals surface area contributed by atoms with E-state index in [1.165, 1.54) is 6.07 Å². The van der Waals surface area contributed by atoms with Crippen LogP contribution in [0.15, 0.2) is 18.2 Å². The summed E-state index contributed by atoms with van der Waals surface area (Å²) in [6.45, 7) is 4.09. The van der Waals surface area contributed by atoms with Crippen molar-refractivity contribution in [2.45, 2.75) is 32.7 Å². The lowest BCUT2D eigenvalue weighted by molar-refractivity contribution is 0.432. The molecule has 0 amide bonds. The summed E-state index contributed by atoms with van der Waals surface area (Å²) >= 11 is 0. The van der Waals surface area contributed by atoms with Crippen molar-refractivity contribution >= 4 is 0 Å². The lowest BCUT2D eigenvalue weighted by Gasteiger charge is -2.20. The second-order valence-electron chi connectivity index (χ2n) is 4.66. The summed E-state index contributed by atoms with van der Waals surface area (Å²) in [7, 11) is 0. The number of nitrogens with two attached hydrogens (primary N) is 1. The van der Waals surface area contributed by atoms with Gasteiger partial charge in [-0.05, 0) is 31.2 Å². The van der Waals surface area contributed by atoms with Crippen molar-refractivity contribution in [2.75, 3.05) is 0 Å². The average molecular weight is 193 g/mol. The van der Waals surface area contributed by atoms with E-state index in [1.54, 1.807) is 6.07 Å². The maximum atomic E-state index is 13.5. The molecular weight excluding hydrogens is 177 g/mol. The molecule has 76 valence electrons. The van der Waals surface area contributed by atoms with Crippen LogP contribution in [0.3, 0.4) is 0 Å². The number of benzene rings is 1. The summed E-state index contributed by atoms with van der Waals surface area (Å²) in [5.74, 6) is -0.170. The van der Waals surface area contributed by atoms with Crippen LogP contribution >= 0.6 is 0 Å². The number of halogens is 1. The van der Waals surface area contributed by atoms with Crippen molar-refractivity contribution in [1.29, 1.82) is 0 Å². The van der Waals surface area contributed by atoms with Gasteiger partial charge in [-0.2, -0.15) is 0 Å². The van der Waals surface area contributed by atoms with Crippen LogP contribution in [-0.4, -0.2) is 0 Å². The van der Waals surface area contributed by atoms with Gasteiger partial charge >= 0.3 is 0 Å². The third-order valence-corrected chi connectivity index (χ3v) is 3.28. The predicted octanol–water partition coefficient (Wildman–Crippen LogP) is 2.93. The van der Waals surface area contributed by atoms with Crippen LogP contribution in [0.1, 0.15) is 36.9 Å². The molecule has 1 aromatic rings. The van der Waals surface area contributed by atoms with E-state index in [0.717, 1.165) is 18.4 Å².